The number of carbonyl (C=O) groups is 3. The molecule has 2 aromatic heterocycles. The topological polar surface area (TPSA) is 104 Å². The number of benzene rings is 1. The normalized spacial score (nSPS) is 13.5. The molecule has 4 rings (SSSR count). The van der Waals surface area contributed by atoms with E-state index in [1.807, 2.05) is 52.8 Å². The van der Waals surface area contributed by atoms with Crippen LogP contribution in [0.1, 0.15) is 61.8 Å². The number of ether oxygens (including phenoxy) is 1. The van der Waals surface area contributed by atoms with Crippen molar-refractivity contribution in [1.82, 2.24) is 20.1 Å². The number of anilines is 1. The number of hydrogen-bond acceptors (Lipinski definition) is 8. The molecule has 0 saturated heterocycles. The van der Waals surface area contributed by atoms with Crippen LogP contribution in [0.4, 0.5) is 9.80 Å². The predicted molar refractivity (Wildman–Crippen MR) is 158 cm³/mol. The highest BCUT2D eigenvalue weighted by Gasteiger charge is 2.31. The monoisotopic (exact) mass is 571 g/mol. The first-order chi connectivity index (χ1) is 18.3. The lowest BCUT2D eigenvalue weighted by molar-refractivity contribution is -0.116. The zero-order valence-corrected chi connectivity index (χ0v) is 25.3. The highest BCUT2D eigenvalue weighted by Crippen LogP contribution is 2.46. The van der Waals surface area contributed by atoms with Gasteiger partial charge < -0.3 is 25.2 Å². The Kier molecular flexibility index (Phi) is 8.63. The fourth-order valence-electron chi connectivity index (χ4n) is 4.29. The molecule has 1 aliphatic heterocycles. The Balaban J connectivity index is 1.69. The second-order valence-corrected chi connectivity index (χ2v) is 13.3. The maximum absolute atomic E-state index is 12.9. The number of thiophene rings is 1. The quantitative estimate of drug-likeness (QED) is 0.397. The summed E-state index contributed by atoms with van der Waals surface area (Å²) in [6.45, 7) is 11.2. The minimum atomic E-state index is -0.574. The first-order valence-electron chi connectivity index (χ1n) is 13.1. The number of nitrogens with zero attached hydrogens (tertiary/aromatic N) is 3. The van der Waals surface area contributed by atoms with Gasteiger partial charge in [-0.1, -0.05) is 13.8 Å². The van der Waals surface area contributed by atoms with Crippen molar-refractivity contribution in [2.45, 2.75) is 65.6 Å². The van der Waals surface area contributed by atoms with Crippen molar-refractivity contribution in [2.75, 3.05) is 32.5 Å². The maximum Gasteiger partial charge on any atom is 0.410 e. The smallest absolute Gasteiger partial charge is 0.410 e. The molecule has 0 spiro atoms. The lowest BCUT2D eigenvalue weighted by Gasteiger charge is -2.30. The van der Waals surface area contributed by atoms with Crippen molar-refractivity contribution in [2.24, 2.45) is 0 Å². The number of fused-ring (bicyclic) bond motifs is 2. The second-order valence-electron chi connectivity index (χ2n) is 11.2. The molecule has 210 valence electrons. The molecule has 0 unspecified atom stereocenters. The Morgan fingerprint density at radius 2 is 1.92 bits per heavy atom. The van der Waals surface area contributed by atoms with Gasteiger partial charge in [0, 0.05) is 55.7 Å². The van der Waals surface area contributed by atoms with Gasteiger partial charge in [-0.25, -0.2) is 9.78 Å². The van der Waals surface area contributed by atoms with Gasteiger partial charge >= 0.3 is 6.09 Å². The van der Waals surface area contributed by atoms with Crippen molar-refractivity contribution in [3.63, 3.8) is 0 Å². The molecular weight excluding hydrogens is 534 g/mol. The van der Waals surface area contributed by atoms with Gasteiger partial charge in [0.25, 0.3) is 5.91 Å². The number of thiazole rings is 1. The zero-order chi connectivity index (χ0) is 28.5. The number of amides is 3. The third kappa shape index (κ3) is 6.95. The predicted octanol–water partition coefficient (Wildman–Crippen LogP) is 5.35. The molecule has 0 atom stereocenters. The van der Waals surface area contributed by atoms with Crippen LogP contribution < -0.4 is 10.6 Å². The molecule has 3 aromatic rings. The van der Waals surface area contributed by atoms with Crippen LogP contribution >= 0.6 is 22.7 Å². The molecule has 3 heterocycles. The van der Waals surface area contributed by atoms with Gasteiger partial charge in [-0.05, 0) is 51.0 Å². The first-order valence-corrected chi connectivity index (χ1v) is 14.7. The summed E-state index contributed by atoms with van der Waals surface area (Å²) in [6.07, 6.45) is 0.637. The van der Waals surface area contributed by atoms with Crippen molar-refractivity contribution in [1.29, 1.82) is 0 Å². The highest BCUT2D eigenvalue weighted by molar-refractivity contribution is 7.23. The molecule has 0 saturated carbocycles. The van der Waals surface area contributed by atoms with Crippen LogP contribution in [0.25, 0.3) is 20.8 Å². The number of hydrogen-bond donors (Lipinski definition) is 2. The maximum atomic E-state index is 12.9. The molecule has 3 amide bonds. The van der Waals surface area contributed by atoms with E-state index in [4.69, 9.17) is 9.72 Å². The van der Waals surface area contributed by atoms with Crippen molar-refractivity contribution in [3.8, 4) is 10.6 Å². The van der Waals surface area contributed by atoms with Crippen LogP contribution in [0.3, 0.4) is 0 Å². The van der Waals surface area contributed by atoms with Gasteiger partial charge in [-0.3, -0.25) is 9.59 Å². The van der Waals surface area contributed by atoms with E-state index >= 15 is 0 Å². The van der Waals surface area contributed by atoms with Crippen LogP contribution in [-0.2, 0) is 22.5 Å². The number of carbonyl (C=O) groups excluding carboxylic acids is 3. The van der Waals surface area contributed by atoms with E-state index < -0.39 is 5.60 Å². The minimum absolute atomic E-state index is 0.0769. The van der Waals surface area contributed by atoms with E-state index in [9.17, 15) is 14.4 Å². The summed E-state index contributed by atoms with van der Waals surface area (Å²) >= 11 is 3.03. The molecule has 39 heavy (non-hydrogen) atoms. The van der Waals surface area contributed by atoms with Crippen LogP contribution in [0, 0.1) is 0 Å². The Hall–Kier alpha value is -3.02. The van der Waals surface area contributed by atoms with Crippen LogP contribution in [0.2, 0.25) is 0 Å². The summed E-state index contributed by atoms with van der Waals surface area (Å²) in [5, 5.41) is 7.93. The Morgan fingerprint density at radius 1 is 1.18 bits per heavy atom. The molecule has 1 aliphatic rings. The van der Waals surface area contributed by atoms with E-state index in [1.165, 1.54) is 22.7 Å². The fraction of sp³-hybridized carbons (Fsp3) is 0.500. The third-order valence-electron chi connectivity index (χ3n) is 6.12. The van der Waals surface area contributed by atoms with Crippen molar-refractivity contribution < 1.29 is 19.1 Å². The zero-order valence-electron chi connectivity index (χ0n) is 23.6. The van der Waals surface area contributed by atoms with Crippen LogP contribution in [-0.4, -0.2) is 71.5 Å². The molecular formula is C28H37N5O4S2. The summed E-state index contributed by atoms with van der Waals surface area (Å²) in [6, 6.07) is 5.86. The van der Waals surface area contributed by atoms with Gasteiger partial charge in [0.05, 0.1) is 16.8 Å². The standard InChI is InChI=1S/C28H37N5O4S2/c1-16(2)29-12-10-22(34)31-25-23(18-11-13-33(15-21(18)39-25)27(36)37-28(3,4)5)24-30-19-14-17(26(35)32(6)7)8-9-20(19)38-24/h8-9,14,16,29H,10-13,15H2,1-7H3,(H,31,34). The average molecular weight is 572 g/mol. The summed E-state index contributed by atoms with van der Waals surface area (Å²) in [7, 11) is 3.45. The molecule has 2 N–H and O–H groups in total. The van der Waals surface area contributed by atoms with E-state index in [0.717, 1.165) is 36.2 Å². The lowest BCUT2D eigenvalue weighted by atomic mass is 10.0. The molecule has 11 heteroatoms. The molecule has 1 aromatic carbocycles. The van der Waals surface area contributed by atoms with Gasteiger partial charge in [0.2, 0.25) is 5.91 Å². The molecule has 0 fully saturated rings. The average Bonchev–Trinajstić information content (AvgIpc) is 3.41. The van der Waals surface area contributed by atoms with Crippen LogP contribution in [0.5, 0.6) is 0 Å². The first kappa shape index (κ1) is 29.0. The Morgan fingerprint density at radius 3 is 2.59 bits per heavy atom. The number of nitrogens with one attached hydrogen (secondary N) is 2. The summed E-state index contributed by atoms with van der Waals surface area (Å²) in [5.41, 5.74) is 2.75. The van der Waals surface area contributed by atoms with E-state index in [2.05, 4.69) is 10.6 Å². The van der Waals surface area contributed by atoms with E-state index in [1.54, 1.807) is 23.9 Å². The number of rotatable bonds is 7. The number of aromatic nitrogens is 1. The van der Waals surface area contributed by atoms with Crippen LogP contribution in [0.15, 0.2) is 18.2 Å². The largest absolute Gasteiger partial charge is 0.444 e. The summed E-state index contributed by atoms with van der Waals surface area (Å²) in [4.78, 5) is 47.3. The lowest BCUT2D eigenvalue weighted by Crippen LogP contribution is -2.39. The second kappa shape index (κ2) is 11.6. The third-order valence-corrected chi connectivity index (χ3v) is 8.31. The van der Waals surface area contributed by atoms with Gasteiger partial charge in [-0.15, -0.1) is 22.7 Å². The van der Waals surface area contributed by atoms with Crippen molar-refractivity contribution >= 4 is 55.8 Å². The fourth-order valence-corrected chi connectivity index (χ4v) is 6.66. The van der Waals surface area contributed by atoms with E-state index in [0.29, 0.717) is 44.1 Å². The summed E-state index contributed by atoms with van der Waals surface area (Å²) in [5.74, 6) is -0.156. The highest BCUT2D eigenvalue weighted by atomic mass is 32.1. The van der Waals surface area contributed by atoms with Gasteiger partial charge in [0.1, 0.15) is 15.6 Å². The SMILES string of the molecule is CC(C)NCCC(=O)Nc1sc2c(c1-c1nc3cc(C(=O)N(C)C)ccc3s1)CCN(C(=O)OC(C)(C)C)C2. The molecule has 0 aliphatic carbocycles. The van der Waals surface area contributed by atoms with Crippen molar-refractivity contribution in [3.05, 3.63) is 34.2 Å². The van der Waals surface area contributed by atoms with Gasteiger partial charge in [0.15, 0.2) is 0 Å². The Bertz CT molecular complexity index is 1390. The van der Waals surface area contributed by atoms with E-state index in [-0.39, 0.29) is 17.9 Å². The molecule has 0 radical (unpaired) electrons. The summed E-state index contributed by atoms with van der Waals surface area (Å²) < 4.78 is 6.57. The minimum Gasteiger partial charge on any atom is -0.444 e. The Labute approximate surface area is 237 Å². The van der Waals surface area contributed by atoms with Gasteiger partial charge in [-0.2, -0.15) is 0 Å². The molecule has 0 bridgehead atoms. The molecule has 9 nitrogen and oxygen atoms in total.